The highest BCUT2D eigenvalue weighted by molar-refractivity contribution is 7.04. The molecule has 3 heterocycles. The zero-order chi connectivity index (χ0) is 36.6. The first kappa shape index (κ1) is 32.6. The smallest absolute Gasteiger partial charge is 0.164 e. The van der Waals surface area contributed by atoms with Crippen molar-refractivity contribution >= 4 is 36.9 Å². The summed E-state index contributed by atoms with van der Waals surface area (Å²) in [5, 5.41) is 5.82. The SMILES string of the molecule is C[Si]1(C)c2ccccc2-c2cc(-c3ccccc3)c(-c3nc(-c4ccccc4)nc(-c4cc(-c5ccccc5)c5c(c4)[Si](C)(C)c4ccccc4-5)n3)cc21. The molecular weight excluding hydrogens is 687 g/mol. The van der Waals surface area contributed by atoms with Crippen molar-refractivity contribution in [3.8, 4) is 78.7 Å². The van der Waals surface area contributed by atoms with E-state index in [4.69, 9.17) is 15.0 Å². The van der Waals surface area contributed by atoms with Gasteiger partial charge in [-0.2, -0.15) is 0 Å². The van der Waals surface area contributed by atoms with Crippen LogP contribution in [-0.2, 0) is 0 Å². The molecule has 0 radical (unpaired) electrons. The zero-order valence-corrected chi connectivity index (χ0v) is 32.9. The lowest BCUT2D eigenvalue weighted by atomic mass is 9.92. The molecule has 258 valence electrons. The normalized spacial score (nSPS) is 14.2. The molecule has 3 nitrogen and oxygen atoms in total. The molecule has 0 atom stereocenters. The van der Waals surface area contributed by atoms with Gasteiger partial charge in [0.2, 0.25) is 0 Å². The third kappa shape index (κ3) is 5.03. The Bertz CT molecular complexity index is 2760. The number of benzene rings is 7. The van der Waals surface area contributed by atoms with Crippen LogP contribution in [0.3, 0.4) is 0 Å². The van der Waals surface area contributed by atoms with E-state index in [1.54, 1.807) is 0 Å². The molecule has 1 aromatic heterocycles. The van der Waals surface area contributed by atoms with E-state index in [-0.39, 0.29) is 0 Å². The van der Waals surface area contributed by atoms with Gasteiger partial charge in [-0.3, -0.25) is 0 Å². The summed E-state index contributed by atoms with van der Waals surface area (Å²) in [5.74, 6) is 2.07. The predicted molar refractivity (Wildman–Crippen MR) is 231 cm³/mol. The van der Waals surface area contributed by atoms with Crippen molar-refractivity contribution in [1.29, 1.82) is 0 Å². The fourth-order valence-corrected chi connectivity index (χ4v) is 15.1. The average molecular weight is 726 g/mol. The van der Waals surface area contributed by atoms with Gasteiger partial charge in [0.25, 0.3) is 0 Å². The molecule has 2 aliphatic rings. The molecule has 0 saturated carbocycles. The predicted octanol–water partition coefficient (Wildman–Crippen LogP) is 9.81. The van der Waals surface area contributed by atoms with Crippen molar-refractivity contribution in [3.63, 3.8) is 0 Å². The van der Waals surface area contributed by atoms with E-state index in [1.807, 2.05) is 6.07 Å². The third-order valence-electron chi connectivity index (χ3n) is 11.7. The van der Waals surface area contributed by atoms with Gasteiger partial charge < -0.3 is 0 Å². The molecule has 5 heteroatoms. The summed E-state index contributed by atoms with van der Waals surface area (Å²) in [6.07, 6.45) is 0. The number of hydrogen-bond acceptors (Lipinski definition) is 3. The minimum Gasteiger partial charge on any atom is -0.208 e. The average Bonchev–Trinajstić information content (AvgIpc) is 3.60. The summed E-state index contributed by atoms with van der Waals surface area (Å²) in [5.41, 5.74) is 13.1. The number of hydrogen-bond donors (Lipinski definition) is 0. The standard InChI is InChI=1S/C49H39N3Si2/c1-53(2)42-26-16-14-24-36(42)40-30-38(32-18-8-5-9-19-32)41(31-44(40)53)49-51-47(34-22-12-7-13-23-34)50-48(52-49)35-28-39(33-20-10-6-11-21-33)46-37-25-15-17-27-43(37)54(3,4)45(46)29-35/h5-31H,1-4H3. The van der Waals surface area contributed by atoms with E-state index in [1.165, 1.54) is 54.1 Å². The van der Waals surface area contributed by atoms with Crippen LogP contribution in [0.1, 0.15) is 0 Å². The van der Waals surface area contributed by atoms with E-state index >= 15 is 0 Å². The Kier molecular flexibility index (Phi) is 7.41. The maximum absolute atomic E-state index is 5.47. The molecule has 0 amide bonds. The molecule has 0 fully saturated rings. The Morgan fingerprint density at radius 3 is 1.43 bits per heavy atom. The monoisotopic (exact) mass is 725 g/mol. The summed E-state index contributed by atoms with van der Waals surface area (Å²) in [6.45, 7) is 9.89. The van der Waals surface area contributed by atoms with E-state index in [0.29, 0.717) is 17.5 Å². The second kappa shape index (κ2) is 12.3. The molecule has 2 aliphatic heterocycles. The second-order valence-electron chi connectivity index (χ2n) is 15.6. The first-order chi connectivity index (χ1) is 26.3. The molecule has 10 rings (SSSR count). The van der Waals surface area contributed by atoms with Crippen LogP contribution < -0.4 is 20.7 Å². The van der Waals surface area contributed by atoms with Crippen LogP contribution >= 0.6 is 0 Å². The lowest BCUT2D eigenvalue weighted by molar-refractivity contribution is 1.07. The van der Waals surface area contributed by atoms with Crippen LogP contribution in [0, 0.1) is 0 Å². The van der Waals surface area contributed by atoms with Crippen LogP contribution in [0.4, 0.5) is 0 Å². The Balaban J connectivity index is 1.26. The highest BCUT2D eigenvalue weighted by Gasteiger charge is 2.40. The molecule has 0 bridgehead atoms. The zero-order valence-electron chi connectivity index (χ0n) is 30.9. The van der Waals surface area contributed by atoms with Gasteiger partial charge in [0.15, 0.2) is 17.5 Å². The van der Waals surface area contributed by atoms with Gasteiger partial charge in [0.05, 0.1) is 0 Å². The molecule has 0 unspecified atom stereocenters. The fourth-order valence-electron chi connectivity index (χ4n) is 8.92. The van der Waals surface area contributed by atoms with E-state index in [9.17, 15) is 0 Å². The summed E-state index contributed by atoms with van der Waals surface area (Å²) in [7, 11) is -4.04. The van der Waals surface area contributed by atoms with Crippen molar-refractivity contribution in [2.45, 2.75) is 26.2 Å². The number of nitrogens with zero attached hydrogens (tertiary/aromatic N) is 3. The molecule has 54 heavy (non-hydrogen) atoms. The lowest BCUT2D eigenvalue weighted by Crippen LogP contribution is -2.49. The van der Waals surface area contributed by atoms with Gasteiger partial charge in [0.1, 0.15) is 16.1 Å². The quantitative estimate of drug-likeness (QED) is 0.166. The Hall–Kier alpha value is -6.02. The largest absolute Gasteiger partial charge is 0.208 e. The van der Waals surface area contributed by atoms with Crippen LogP contribution in [-0.4, -0.2) is 31.1 Å². The van der Waals surface area contributed by atoms with Gasteiger partial charge in [-0.15, -0.1) is 0 Å². The summed E-state index contributed by atoms with van der Waals surface area (Å²) < 4.78 is 0. The number of fused-ring (bicyclic) bond motifs is 6. The molecule has 7 aromatic carbocycles. The minimum absolute atomic E-state index is 0.677. The van der Waals surface area contributed by atoms with Gasteiger partial charge in [-0.1, -0.05) is 178 Å². The minimum atomic E-state index is -2.04. The Morgan fingerprint density at radius 2 is 0.778 bits per heavy atom. The Labute approximate surface area is 319 Å². The maximum atomic E-state index is 5.47. The maximum Gasteiger partial charge on any atom is 0.164 e. The van der Waals surface area contributed by atoms with Crippen LogP contribution in [0.2, 0.25) is 26.2 Å². The first-order valence-electron chi connectivity index (χ1n) is 18.8. The van der Waals surface area contributed by atoms with Gasteiger partial charge in [-0.05, 0) is 77.4 Å². The molecule has 0 aliphatic carbocycles. The summed E-state index contributed by atoms with van der Waals surface area (Å²) >= 11 is 0. The number of rotatable bonds is 5. The van der Waals surface area contributed by atoms with Crippen molar-refractivity contribution in [2.75, 3.05) is 0 Å². The van der Waals surface area contributed by atoms with Crippen LogP contribution in [0.25, 0.3) is 78.7 Å². The van der Waals surface area contributed by atoms with Crippen molar-refractivity contribution < 1.29 is 0 Å². The van der Waals surface area contributed by atoms with Gasteiger partial charge in [0, 0.05) is 16.7 Å². The molecule has 0 spiro atoms. The first-order valence-corrected chi connectivity index (χ1v) is 24.8. The van der Waals surface area contributed by atoms with Gasteiger partial charge >= 0.3 is 0 Å². The van der Waals surface area contributed by atoms with Gasteiger partial charge in [-0.25, -0.2) is 15.0 Å². The summed E-state index contributed by atoms with van der Waals surface area (Å²) in [6, 6.07) is 59.4. The Morgan fingerprint density at radius 1 is 0.296 bits per heavy atom. The topological polar surface area (TPSA) is 38.7 Å². The second-order valence-corrected chi connectivity index (χ2v) is 24.3. The summed E-state index contributed by atoms with van der Waals surface area (Å²) in [4.78, 5) is 16.1. The highest BCUT2D eigenvalue weighted by atomic mass is 28.3. The molecular formula is C49H39N3Si2. The highest BCUT2D eigenvalue weighted by Crippen LogP contribution is 2.41. The number of aromatic nitrogens is 3. The van der Waals surface area contributed by atoms with E-state index < -0.39 is 16.1 Å². The molecule has 8 aromatic rings. The third-order valence-corrected chi connectivity index (χ3v) is 18.8. The van der Waals surface area contributed by atoms with E-state index in [0.717, 1.165) is 27.8 Å². The van der Waals surface area contributed by atoms with Crippen LogP contribution in [0.15, 0.2) is 164 Å². The lowest BCUT2D eigenvalue weighted by Gasteiger charge is -2.21. The molecule has 0 saturated heterocycles. The van der Waals surface area contributed by atoms with Crippen molar-refractivity contribution in [3.05, 3.63) is 164 Å². The molecule has 0 N–H and O–H groups in total. The van der Waals surface area contributed by atoms with E-state index in [2.05, 4.69) is 184 Å². The van der Waals surface area contributed by atoms with Crippen molar-refractivity contribution in [2.24, 2.45) is 0 Å². The fraction of sp³-hybridized carbons (Fsp3) is 0.0816. The van der Waals surface area contributed by atoms with Crippen molar-refractivity contribution in [1.82, 2.24) is 15.0 Å². The van der Waals surface area contributed by atoms with Crippen LogP contribution in [0.5, 0.6) is 0 Å².